The smallest absolute Gasteiger partial charge is 0.143 e. The first-order chi connectivity index (χ1) is 12.2. The molecule has 0 spiro atoms. The monoisotopic (exact) mass is 393 g/mol. The number of pyridine rings is 2. The fourth-order valence-corrected chi connectivity index (χ4v) is 3.44. The number of nitriles is 1. The highest BCUT2D eigenvalue weighted by molar-refractivity contribution is 9.10. The summed E-state index contributed by atoms with van der Waals surface area (Å²) < 4.78 is 0.988. The molecule has 0 radical (unpaired) electrons. The van der Waals surface area contributed by atoms with Gasteiger partial charge in [-0.1, -0.05) is 18.2 Å². The van der Waals surface area contributed by atoms with Gasteiger partial charge in [-0.3, -0.25) is 0 Å². The largest absolute Gasteiger partial charge is 0.367 e. The molecule has 4 rings (SSSR count). The van der Waals surface area contributed by atoms with Crippen LogP contribution in [-0.4, -0.2) is 36.1 Å². The summed E-state index contributed by atoms with van der Waals surface area (Å²) in [6.07, 6.45) is 1.83. The van der Waals surface area contributed by atoms with E-state index in [0.717, 1.165) is 53.1 Å². The quantitative estimate of drug-likeness (QED) is 0.665. The first-order valence-corrected chi connectivity index (χ1v) is 8.95. The predicted molar refractivity (Wildman–Crippen MR) is 103 cm³/mol. The number of aromatic nitrogens is 2. The van der Waals surface area contributed by atoms with Crippen LogP contribution in [0.4, 0.5) is 11.5 Å². The van der Waals surface area contributed by atoms with Crippen LogP contribution in [0.3, 0.4) is 0 Å². The molecule has 6 heteroatoms. The van der Waals surface area contributed by atoms with Gasteiger partial charge in [0.25, 0.3) is 0 Å². The van der Waals surface area contributed by atoms with Crippen LogP contribution >= 0.6 is 15.9 Å². The molecule has 1 saturated heterocycles. The van der Waals surface area contributed by atoms with Crippen molar-refractivity contribution in [3.63, 3.8) is 0 Å². The molecule has 0 amide bonds. The number of fused-ring (bicyclic) bond motifs is 1. The summed E-state index contributed by atoms with van der Waals surface area (Å²) in [4.78, 5) is 13.5. The molecule has 0 bridgehead atoms. The Morgan fingerprint density at radius 2 is 1.76 bits per heavy atom. The number of nitrogens with zero attached hydrogens (tertiary/aromatic N) is 5. The van der Waals surface area contributed by atoms with Gasteiger partial charge in [0.15, 0.2) is 0 Å². The van der Waals surface area contributed by atoms with Crippen LogP contribution in [0.2, 0.25) is 0 Å². The van der Waals surface area contributed by atoms with E-state index in [9.17, 15) is 5.26 Å². The van der Waals surface area contributed by atoms with Crippen LogP contribution in [0, 0.1) is 11.3 Å². The molecular formula is C19H16BrN5. The standard InChI is InChI=1S/C19H16BrN5/c20-14-5-6-19(22-13-14)25-9-7-24(8-10-25)18-11-15(12-21)23-17-4-2-1-3-16(17)18/h1-6,11,13H,7-10H2. The Morgan fingerprint density at radius 3 is 2.48 bits per heavy atom. The highest BCUT2D eigenvalue weighted by Gasteiger charge is 2.20. The number of anilines is 2. The Kier molecular flexibility index (Phi) is 4.24. The molecule has 0 aliphatic carbocycles. The van der Waals surface area contributed by atoms with Crippen molar-refractivity contribution in [2.45, 2.75) is 0 Å². The van der Waals surface area contributed by atoms with Crippen molar-refractivity contribution < 1.29 is 0 Å². The number of hydrogen-bond acceptors (Lipinski definition) is 5. The lowest BCUT2D eigenvalue weighted by Crippen LogP contribution is -2.47. The third kappa shape index (κ3) is 3.15. The van der Waals surface area contributed by atoms with Gasteiger partial charge in [-0.15, -0.1) is 0 Å². The van der Waals surface area contributed by atoms with E-state index in [0.29, 0.717) is 5.69 Å². The van der Waals surface area contributed by atoms with Crippen molar-refractivity contribution in [3.05, 3.63) is 58.8 Å². The normalized spacial score (nSPS) is 14.6. The second kappa shape index (κ2) is 6.69. The summed E-state index contributed by atoms with van der Waals surface area (Å²) in [5, 5.41) is 10.4. The maximum Gasteiger partial charge on any atom is 0.143 e. The van der Waals surface area contributed by atoms with Gasteiger partial charge in [0.05, 0.1) is 5.52 Å². The number of piperazine rings is 1. The fraction of sp³-hybridized carbons (Fsp3) is 0.211. The number of halogens is 1. The second-order valence-corrected chi connectivity index (χ2v) is 6.88. The van der Waals surface area contributed by atoms with E-state index >= 15 is 0 Å². The molecule has 0 N–H and O–H groups in total. The van der Waals surface area contributed by atoms with E-state index < -0.39 is 0 Å². The van der Waals surface area contributed by atoms with Crippen LogP contribution in [0.5, 0.6) is 0 Å². The average molecular weight is 394 g/mol. The predicted octanol–water partition coefficient (Wildman–Crippen LogP) is 3.59. The SMILES string of the molecule is N#Cc1cc(N2CCN(c3ccc(Br)cn3)CC2)c2ccccc2n1. The summed E-state index contributed by atoms with van der Waals surface area (Å²) in [6, 6.07) is 16.1. The molecule has 2 aromatic heterocycles. The molecule has 3 heterocycles. The first-order valence-electron chi connectivity index (χ1n) is 8.16. The average Bonchev–Trinajstić information content (AvgIpc) is 2.68. The van der Waals surface area contributed by atoms with Crippen LogP contribution < -0.4 is 9.80 Å². The first kappa shape index (κ1) is 15.9. The molecule has 3 aromatic rings. The van der Waals surface area contributed by atoms with Crippen molar-refractivity contribution in [1.29, 1.82) is 5.26 Å². The Morgan fingerprint density at radius 1 is 1.00 bits per heavy atom. The molecule has 124 valence electrons. The number of para-hydroxylation sites is 1. The zero-order valence-corrected chi connectivity index (χ0v) is 15.1. The molecule has 5 nitrogen and oxygen atoms in total. The molecule has 0 saturated carbocycles. The van der Waals surface area contributed by atoms with Crippen LogP contribution in [-0.2, 0) is 0 Å². The lowest BCUT2D eigenvalue weighted by atomic mass is 10.1. The summed E-state index contributed by atoms with van der Waals surface area (Å²) >= 11 is 3.42. The zero-order chi connectivity index (χ0) is 17.2. The summed E-state index contributed by atoms with van der Waals surface area (Å²) in [5.41, 5.74) is 2.42. The Labute approximate surface area is 154 Å². The van der Waals surface area contributed by atoms with E-state index in [4.69, 9.17) is 0 Å². The minimum atomic E-state index is 0.464. The molecule has 25 heavy (non-hydrogen) atoms. The number of hydrogen-bond donors (Lipinski definition) is 0. The van der Waals surface area contributed by atoms with Crippen LogP contribution in [0.1, 0.15) is 5.69 Å². The minimum absolute atomic E-state index is 0.464. The minimum Gasteiger partial charge on any atom is -0.367 e. The number of benzene rings is 1. The zero-order valence-electron chi connectivity index (χ0n) is 13.6. The van der Waals surface area contributed by atoms with Crippen molar-refractivity contribution >= 4 is 38.3 Å². The van der Waals surface area contributed by atoms with Crippen LogP contribution in [0.25, 0.3) is 10.9 Å². The van der Waals surface area contributed by atoms with Gasteiger partial charge in [0, 0.05) is 47.9 Å². The molecule has 0 unspecified atom stereocenters. The van der Waals surface area contributed by atoms with Gasteiger partial charge in [0.2, 0.25) is 0 Å². The third-order valence-electron chi connectivity index (χ3n) is 4.47. The molecular weight excluding hydrogens is 378 g/mol. The van der Waals surface area contributed by atoms with E-state index in [1.807, 2.05) is 42.6 Å². The van der Waals surface area contributed by atoms with E-state index in [-0.39, 0.29) is 0 Å². The molecule has 0 atom stereocenters. The van der Waals surface area contributed by atoms with Gasteiger partial charge in [-0.2, -0.15) is 5.26 Å². The summed E-state index contributed by atoms with van der Waals surface area (Å²) in [5.74, 6) is 1.00. The Bertz CT molecular complexity index is 940. The van der Waals surface area contributed by atoms with Gasteiger partial charge in [-0.05, 0) is 40.2 Å². The Hall–Kier alpha value is -2.65. The van der Waals surface area contributed by atoms with E-state index in [1.54, 1.807) is 0 Å². The topological polar surface area (TPSA) is 56.1 Å². The maximum absolute atomic E-state index is 9.28. The highest BCUT2D eigenvalue weighted by Crippen LogP contribution is 2.28. The van der Waals surface area contributed by atoms with Gasteiger partial charge in [-0.25, -0.2) is 9.97 Å². The lowest BCUT2D eigenvalue weighted by molar-refractivity contribution is 0.648. The van der Waals surface area contributed by atoms with Gasteiger partial charge < -0.3 is 9.80 Å². The van der Waals surface area contributed by atoms with Crippen molar-refractivity contribution in [1.82, 2.24) is 9.97 Å². The van der Waals surface area contributed by atoms with Gasteiger partial charge in [0.1, 0.15) is 17.6 Å². The molecule has 1 aliphatic rings. The molecule has 1 fully saturated rings. The maximum atomic E-state index is 9.28. The number of rotatable bonds is 2. The highest BCUT2D eigenvalue weighted by atomic mass is 79.9. The lowest BCUT2D eigenvalue weighted by Gasteiger charge is -2.37. The van der Waals surface area contributed by atoms with Crippen LogP contribution in [0.15, 0.2) is 53.1 Å². The second-order valence-electron chi connectivity index (χ2n) is 5.96. The summed E-state index contributed by atoms with van der Waals surface area (Å²) in [7, 11) is 0. The van der Waals surface area contributed by atoms with E-state index in [1.165, 1.54) is 0 Å². The van der Waals surface area contributed by atoms with E-state index in [2.05, 4.69) is 47.8 Å². The molecule has 1 aromatic carbocycles. The fourth-order valence-electron chi connectivity index (χ4n) is 3.21. The third-order valence-corrected chi connectivity index (χ3v) is 4.93. The molecule has 1 aliphatic heterocycles. The summed E-state index contributed by atoms with van der Waals surface area (Å²) in [6.45, 7) is 3.56. The Balaban J connectivity index is 1.59. The van der Waals surface area contributed by atoms with Crippen molar-refractivity contribution in [2.24, 2.45) is 0 Å². The van der Waals surface area contributed by atoms with Crippen molar-refractivity contribution in [2.75, 3.05) is 36.0 Å². The van der Waals surface area contributed by atoms with Crippen molar-refractivity contribution in [3.8, 4) is 6.07 Å². The van der Waals surface area contributed by atoms with Gasteiger partial charge >= 0.3 is 0 Å².